The summed E-state index contributed by atoms with van der Waals surface area (Å²) in [5, 5.41) is 10.3. The lowest BCUT2D eigenvalue weighted by Crippen LogP contribution is -2.20. The predicted molar refractivity (Wildman–Crippen MR) is 72.9 cm³/mol. The second-order valence-electron chi connectivity index (χ2n) is 4.15. The number of anilines is 1. The van der Waals surface area contributed by atoms with Gasteiger partial charge in [-0.2, -0.15) is 0 Å². The van der Waals surface area contributed by atoms with E-state index in [4.69, 9.17) is 9.47 Å². The molecular weight excluding hydrogens is 260 g/mol. The van der Waals surface area contributed by atoms with Crippen LogP contribution in [0.15, 0.2) is 24.4 Å². The fraction of sp³-hybridized carbons (Fsp3) is 0.308. The van der Waals surface area contributed by atoms with Crippen LogP contribution < -0.4 is 14.8 Å². The van der Waals surface area contributed by atoms with Crippen molar-refractivity contribution in [1.82, 2.24) is 15.0 Å². The minimum absolute atomic E-state index is 0.0895. The van der Waals surface area contributed by atoms with Crippen molar-refractivity contribution >= 4 is 11.6 Å². The van der Waals surface area contributed by atoms with Gasteiger partial charge in [0.2, 0.25) is 5.91 Å². The SMILES string of the molecule is COc1ccc(OC)c(NC(=O)Cn2nncc2C)c1. The van der Waals surface area contributed by atoms with Gasteiger partial charge in [-0.05, 0) is 19.1 Å². The number of carbonyl (C=O) groups is 1. The number of aryl methyl sites for hydroxylation is 1. The summed E-state index contributed by atoms with van der Waals surface area (Å²) in [6.45, 7) is 1.92. The van der Waals surface area contributed by atoms with Crippen molar-refractivity contribution in [2.45, 2.75) is 13.5 Å². The minimum Gasteiger partial charge on any atom is -0.497 e. The zero-order chi connectivity index (χ0) is 14.5. The smallest absolute Gasteiger partial charge is 0.246 e. The molecule has 0 radical (unpaired) electrons. The highest BCUT2D eigenvalue weighted by molar-refractivity contribution is 5.92. The quantitative estimate of drug-likeness (QED) is 0.889. The Kier molecular flexibility index (Phi) is 4.19. The molecule has 1 aromatic heterocycles. The van der Waals surface area contributed by atoms with Gasteiger partial charge in [-0.1, -0.05) is 5.21 Å². The van der Waals surface area contributed by atoms with Gasteiger partial charge in [0.25, 0.3) is 0 Å². The second-order valence-corrected chi connectivity index (χ2v) is 4.15. The highest BCUT2D eigenvalue weighted by atomic mass is 16.5. The van der Waals surface area contributed by atoms with E-state index in [1.165, 1.54) is 4.68 Å². The van der Waals surface area contributed by atoms with Crippen molar-refractivity contribution in [2.75, 3.05) is 19.5 Å². The van der Waals surface area contributed by atoms with E-state index in [0.29, 0.717) is 17.2 Å². The summed E-state index contributed by atoms with van der Waals surface area (Å²) in [7, 11) is 3.10. The fourth-order valence-corrected chi connectivity index (χ4v) is 1.70. The van der Waals surface area contributed by atoms with E-state index in [0.717, 1.165) is 5.69 Å². The van der Waals surface area contributed by atoms with Crippen molar-refractivity contribution in [1.29, 1.82) is 0 Å². The molecule has 1 aromatic carbocycles. The zero-order valence-electron chi connectivity index (χ0n) is 11.6. The number of nitrogens with zero attached hydrogens (tertiary/aromatic N) is 3. The molecule has 1 amide bonds. The topological polar surface area (TPSA) is 78.3 Å². The lowest BCUT2D eigenvalue weighted by Gasteiger charge is -2.12. The Morgan fingerprint density at radius 2 is 2.15 bits per heavy atom. The van der Waals surface area contributed by atoms with Crippen molar-refractivity contribution in [3.05, 3.63) is 30.1 Å². The van der Waals surface area contributed by atoms with E-state index in [-0.39, 0.29) is 12.5 Å². The summed E-state index contributed by atoms with van der Waals surface area (Å²) in [6.07, 6.45) is 1.60. The molecule has 0 unspecified atom stereocenters. The molecule has 0 aliphatic heterocycles. The monoisotopic (exact) mass is 276 g/mol. The van der Waals surface area contributed by atoms with Crippen molar-refractivity contribution in [3.63, 3.8) is 0 Å². The zero-order valence-corrected chi connectivity index (χ0v) is 11.6. The van der Waals surface area contributed by atoms with E-state index in [2.05, 4.69) is 15.6 Å². The van der Waals surface area contributed by atoms with Gasteiger partial charge in [-0.3, -0.25) is 4.79 Å². The molecule has 7 nitrogen and oxygen atoms in total. The van der Waals surface area contributed by atoms with E-state index < -0.39 is 0 Å². The number of aromatic nitrogens is 3. The lowest BCUT2D eigenvalue weighted by molar-refractivity contribution is -0.117. The number of ether oxygens (including phenoxy) is 2. The summed E-state index contributed by atoms with van der Waals surface area (Å²) in [4.78, 5) is 12.0. The van der Waals surface area contributed by atoms with Crippen LogP contribution in [0.25, 0.3) is 0 Å². The third kappa shape index (κ3) is 3.05. The molecule has 0 aliphatic carbocycles. The maximum atomic E-state index is 12.0. The van der Waals surface area contributed by atoms with Gasteiger partial charge in [-0.25, -0.2) is 4.68 Å². The van der Waals surface area contributed by atoms with Gasteiger partial charge < -0.3 is 14.8 Å². The first-order valence-electron chi connectivity index (χ1n) is 6.01. The number of benzene rings is 1. The Hall–Kier alpha value is -2.57. The van der Waals surface area contributed by atoms with Crippen LogP contribution in [-0.4, -0.2) is 35.1 Å². The van der Waals surface area contributed by atoms with Gasteiger partial charge in [0.15, 0.2) is 0 Å². The fourth-order valence-electron chi connectivity index (χ4n) is 1.70. The first kappa shape index (κ1) is 13.9. The molecule has 0 bridgehead atoms. The number of nitrogens with one attached hydrogen (secondary N) is 1. The molecule has 20 heavy (non-hydrogen) atoms. The highest BCUT2D eigenvalue weighted by Crippen LogP contribution is 2.28. The van der Waals surface area contributed by atoms with Crippen LogP contribution in [0, 0.1) is 6.92 Å². The van der Waals surface area contributed by atoms with E-state index in [1.54, 1.807) is 38.6 Å². The van der Waals surface area contributed by atoms with Crippen LogP contribution in [0.4, 0.5) is 5.69 Å². The Bertz CT molecular complexity index is 609. The second kappa shape index (κ2) is 6.05. The number of hydrogen-bond acceptors (Lipinski definition) is 5. The summed E-state index contributed by atoms with van der Waals surface area (Å²) in [5.41, 5.74) is 1.37. The molecule has 1 N–H and O–H groups in total. The molecule has 0 saturated heterocycles. The Morgan fingerprint density at radius 1 is 1.35 bits per heavy atom. The summed E-state index contributed by atoms with van der Waals surface area (Å²) in [6, 6.07) is 5.19. The molecule has 2 rings (SSSR count). The van der Waals surface area contributed by atoms with Crippen molar-refractivity contribution in [2.24, 2.45) is 0 Å². The number of carbonyl (C=O) groups excluding carboxylic acids is 1. The van der Waals surface area contributed by atoms with E-state index in [9.17, 15) is 4.79 Å². The first-order valence-corrected chi connectivity index (χ1v) is 6.01. The van der Waals surface area contributed by atoms with Gasteiger partial charge in [0, 0.05) is 6.07 Å². The third-order valence-electron chi connectivity index (χ3n) is 2.79. The molecule has 106 valence electrons. The predicted octanol–water partition coefficient (Wildman–Crippen LogP) is 1.24. The average Bonchev–Trinajstić information content (AvgIpc) is 2.84. The van der Waals surface area contributed by atoms with Gasteiger partial charge >= 0.3 is 0 Å². The molecular formula is C13H16N4O3. The Balaban J connectivity index is 2.12. The lowest BCUT2D eigenvalue weighted by atomic mass is 10.2. The van der Waals surface area contributed by atoms with Crippen LogP contribution in [0.3, 0.4) is 0 Å². The normalized spacial score (nSPS) is 10.2. The molecule has 0 saturated carbocycles. The van der Waals surface area contributed by atoms with Gasteiger partial charge in [0.1, 0.15) is 18.0 Å². The molecule has 2 aromatic rings. The van der Waals surface area contributed by atoms with E-state index >= 15 is 0 Å². The first-order chi connectivity index (χ1) is 9.63. The van der Waals surface area contributed by atoms with Crippen LogP contribution in [0.5, 0.6) is 11.5 Å². The molecule has 0 fully saturated rings. The number of methoxy groups -OCH3 is 2. The maximum Gasteiger partial charge on any atom is 0.246 e. The Morgan fingerprint density at radius 3 is 2.75 bits per heavy atom. The standard InChI is InChI=1S/C13H16N4O3/c1-9-7-14-16-17(9)8-13(18)15-11-6-10(19-2)4-5-12(11)20-3/h4-7H,8H2,1-3H3,(H,15,18). The largest absolute Gasteiger partial charge is 0.497 e. The van der Waals surface area contributed by atoms with Crippen molar-refractivity contribution < 1.29 is 14.3 Å². The van der Waals surface area contributed by atoms with Crippen molar-refractivity contribution in [3.8, 4) is 11.5 Å². The third-order valence-corrected chi connectivity index (χ3v) is 2.79. The molecule has 0 atom stereocenters. The number of rotatable bonds is 5. The highest BCUT2D eigenvalue weighted by Gasteiger charge is 2.11. The minimum atomic E-state index is -0.217. The Labute approximate surface area is 116 Å². The molecule has 7 heteroatoms. The van der Waals surface area contributed by atoms with E-state index in [1.807, 2.05) is 6.92 Å². The molecule has 0 spiro atoms. The average molecular weight is 276 g/mol. The summed E-state index contributed by atoms with van der Waals surface area (Å²) >= 11 is 0. The summed E-state index contributed by atoms with van der Waals surface area (Å²) < 4.78 is 11.8. The summed E-state index contributed by atoms with van der Waals surface area (Å²) in [5.74, 6) is 0.984. The number of hydrogen-bond donors (Lipinski definition) is 1. The van der Waals surface area contributed by atoms with Crippen LogP contribution in [0.1, 0.15) is 5.69 Å². The van der Waals surface area contributed by atoms with Gasteiger partial charge in [0.05, 0.1) is 31.8 Å². The maximum absolute atomic E-state index is 12.0. The van der Waals surface area contributed by atoms with Crippen LogP contribution in [0.2, 0.25) is 0 Å². The molecule has 0 aliphatic rings. The molecule has 1 heterocycles. The number of amides is 1. The van der Waals surface area contributed by atoms with Crippen LogP contribution >= 0.6 is 0 Å². The van der Waals surface area contributed by atoms with Crippen LogP contribution in [-0.2, 0) is 11.3 Å². The van der Waals surface area contributed by atoms with Gasteiger partial charge in [-0.15, -0.1) is 5.10 Å².